The Balaban J connectivity index is 1.47. The van der Waals surface area contributed by atoms with E-state index >= 15 is 0 Å². The van der Waals surface area contributed by atoms with Crippen molar-refractivity contribution in [3.05, 3.63) is 41.2 Å². The first-order valence-corrected chi connectivity index (χ1v) is 8.29. The van der Waals surface area contributed by atoms with Gasteiger partial charge in [0.15, 0.2) is 0 Å². The molecule has 0 bridgehead atoms. The minimum atomic E-state index is 0.150. The van der Waals surface area contributed by atoms with Crippen molar-refractivity contribution >= 4 is 5.91 Å². The van der Waals surface area contributed by atoms with Crippen LogP contribution in [0.4, 0.5) is 0 Å². The third kappa shape index (κ3) is 2.98. The molecule has 0 spiro atoms. The SMILES string of the molecule is Cn1ccc(CC(=O)N2CCc3ncnc(C4CC4)c3CC2)n1. The topological polar surface area (TPSA) is 63.9 Å². The fourth-order valence-electron chi connectivity index (χ4n) is 3.33. The van der Waals surface area contributed by atoms with Crippen LogP contribution in [0.5, 0.6) is 0 Å². The average molecular weight is 311 g/mol. The largest absolute Gasteiger partial charge is 0.342 e. The molecule has 120 valence electrons. The van der Waals surface area contributed by atoms with Crippen LogP contribution in [0.3, 0.4) is 0 Å². The minimum absolute atomic E-state index is 0.150. The van der Waals surface area contributed by atoms with Gasteiger partial charge in [-0.2, -0.15) is 5.10 Å². The molecule has 2 aromatic heterocycles. The van der Waals surface area contributed by atoms with E-state index in [-0.39, 0.29) is 5.91 Å². The average Bonchev–Trinajstić information content (AvgIpc) is 3.33. The maximum atomic E-state index is 12.6. The molecule has 6 nitrogen and oxygen atoms in total. The van der Waals surface area contributed by atoms with Crippen LogP contribution in [0.2, 0.25) is 0 Å². The van der Waals surface area contributed by atoms with Crippen LogP contribution in [0.25, 0.3) is 0 Å². The Kier molecular flexibility index (Phi) is 3.59. The number of fused-ring (bicyclic) bond motifs is 1. The number of amides is 1. The second kappa shape index (κ2) is 5.76. The molecule has 0 atom stereocenters. The summed E-state index contributed by atoms with van der Waals surface area (Å²) in [7, 11) is 1.87. The Bertz CT molecular complexity index is 734. The summed E-state index contributed by atoms with van der Waals surface area (Å²) in [4.78, 5) is 23.5. The summed E-state index contributed by atoms with van der Waals surface area (Å²) in [5, 5.41) is 4.30. The van der Waals surface area contributed by atoms with E-state index in [2.05, 4.69) is 15.1 Å². The molecule has 1 fully saturated rings. The molecule has 1 aliphatic carbocycles. The van der Waals surface area contributed by atoms with Gasteiger partial charge in [-0.25, -0.2) is 9.97 Å². The normalized spacial score (nSPS) is 17.7. The second-order valence-corrected chi connectivity index (χ2v) is 6.50. The zero-order chi connectivity index (χ0) is 15.8. The van der Waals surface area contributed by atoms with E-state index in [1.807, 2.05) is 24.2 Å². The Labute approximate surface area is 135 Å². The zero-order valence-electron chi connectivity index (χ0n) is 13.4. The van der Waals surface area contributed by atoms with E-state index in [1.165, 1.54) is 24.1 Å². The van der Waals surface area contributed by atoms with Crippen molar-refractivity contribution in [2.45, 2.75) is 38.0 Å². The summed E-state index contributed by atoms with van der Waals surface area (Å²) < 4.78 is 1.73. The molecular formula is C17H21N5O. The van der Waals surface area contributed by atoms with Crippen LogP contribution < -0.4 is 0 Å². The number of aryl methyl sites for hydroxylation is 1. The van der Waals surface area contributed by atoms with E-state index in [9.17, 15) is 4.79 Å². The molecular weight excluding hydrogens is 290 g/mol. The van der Waals surface area contributed by atoms with Crippen LogP contribution in [-0.2, 0) is 31.1 Å². The van der Waals surface area contributed by atoms with E-state index in [0.717, 1.165) is 37.3 Å². The lowest BCUT2D eigenvalue weighted by Gasteiger charge is -2.19. The van der Waals surface area contributed by atoms with Gasteiger partial charge in [-0.15, -0.1) is 0 Å². The fraction of sp³-hybridized carbons (Fsp3) is 0.529. The van der Waals surface area contributed by atoms with Gasteiger partial charge in [0.25, 0.3) is 0 Å². The van der Waals surface area contributed by atoms with Crippen molar-refractivity contribution in [3.63, 3.8) is 0 Å². The highest BCUT2D eigenvalue weighted by Gasteiger charge is 2.30. The van der Waals surface area contributed by atoms with Gasteiger partial charge in [0.05, 0.1) is 17.8 Å². The molecule has 1 aliphatic heterocycles. The number of rotatable bonds is 3. The first-order chi connectivity index (χ1) is 11.2. The van der Waals surface area contributed by atoms with Gasteiger partial charge in [-0.1, -0.05) is 0 Å². The first-order valence-electron chi connectivity index (χ1n) is 8.29. The zero-order valence-corrected chi connectivity index (χ0v) is 13.4. The summed E-state index contributed by atoms with van der Waals surface area (Å²) in [6.07, 6.45) is 8.12. The molecule has 1 amide bonds. The monoisotopic (exact) mass is 311 g/mol. The van der Waals surface area contributed by atoms with Crippen LogP contribution in [0, 0.1) is 0 Å². The third-order valence-corrected chi connectivity index (χ3v) is 4.74. The van der Waals surface area contributed by atoms with Crippen molar-refractivity contribution in [2.24, 2.45) is 7.05 Å². The number of carbonyl (C=O) groups is 1. The lowest BCUT2D eigenvalue weighted by atomic mass is 10.0. The van der Waals surface area contributed by atoms with E-state index in [0.29, 0.717) is 12.3 Å². The highest BCUT2D eigenvalue weighted by Crippen LogP contribution is 2.41. The highest BCUT2D eigenvalue weighted by atomic mass is 16.2. The summed E-state index contributed by atoms with van der Waals surface area (Å²) in [6, 6.07) is 1.90. The van der Waals surface area contributed by atoms with Crippen molar-refractivity contribution in [1.82, 2.24) is 24.6 Å². The predicted molar refractivity (Wildman–Crippen MR) is 84.9 cm³/mol. The van der Waals surface area contributed by atoms with Crippen LogP contribution >= 0.6 is 0 Å². The van der Waals surface area contributed by atoms with Gasteiger partial charge in [0.1, 0.15) is 6.33 Å². The maximum absolute atomic E-state index is 12.6. The van der Waals surface area contributed by atoms with Crippen LogP contribution in [0.1, 0.15) is 41.4 Å². The van der Waals surface area contributed by atoms with Crippen molar-refractivity contribution < 1.29 is 4.79 Å². The van der Waals surface area contributed by atoms with Gasteiger partial charge in [-0.3, -0.25) is 9.48 Å². The molecule has 2 aromatic rings. The van der Waals surface area contributed by atoms with Crippen molar-refractivity contribution in [3.8, 4) is 0 Å². The number of carbonyl (C=O) groups excluding carboxylic acids is 1. The Morgan fingerprint density at radius 2 is 2.09 bits per heavy atom. The Morgan fingerprint density at radius 1 is 1.26 bits per heavy atom. The highest BCUT2D eigenvalue weighted by molar-refractivity contribution is 5.78. The van der Waals surface area contributed by atoms with Gasteiger partial charge < -0.3 is 4.90 Å². The minimum Gasteiger partial charge on any atom is -0.342 e. The second-order valence-electron chi connectivity index (χ2n) is 6.50. The van der Waals surface area contributed by atoms with Gasteiger partial charge in [-0.05, 0) is 30.9 Å². The van der Waals surface area contributed by atoms with E-state index < -0.39 is 0 Å². The Morgan fingerprint density at radius 3 is 2.83 bits per heavy atom. The molecule has 3 heterocycles. The lowest BCUT2D eigenvalue weighted by molar-refractivity contribution is -0.130. The first kappa shape index (κ1) is 14.4. The molecule has 6 heteroatoms. The van der Waals surface area contributed by atoms with Crippen LogP contribution in [0.15, 0.2) is 18.6 Å². The summed E-state index contributed by atoms with van der Waals surface area (Å²) >= 11 is 0. The summed E-state index contributed by atoms with van der Waals surface area (Å²) in [5.41, 5.74) is 4.49. The molecule has 0 N–H and O–H groups in total. The number of nitrogens with zero attached hydrogens (tertiary/aromatic N) is 5. The van der Waals surface area contributed by atoms with Crippen molar-refractivity contribution in [2.75, 3.05) is 13.1 Å². The predicted octanol–water partition coefficient (Wildman–Crippen LogP) is 1.26. The molecule has 0 aromatic carbocycles. The quantitative estimate of drug-likeness (QED) is 0.856. The van der Waals surface area contributed by atoms with Gasteiger partial charge >= 0.3 is 0 Å². The van der Waals surface area contributed by atoms with E-state index in [4.69, 9.17) is 0 Å². The van der Waals surface area contributed by atoms with Gasteiger partial charge in [0, 0.05) is 44.4 Å². The molecule has 0 unspecified atom stereocenters. The fourth-order valence-corrected chi connectivity index (χ4v) is 3.33. The molecule has 23 heavy (non-hydrogen) atoms. The molecule has 0 radical (unpaired) electrons. The molecule has 1 saturated carbocycles. The Hall–Kier alpha value is -2.24. The molecule has 2 aliphatic rings. The molecule has 4 rings (SSSR count). The summed E-state index contributed by atoms with van der Waals surface area (Å²) in [6.45, 7) is 1.49. The number of hydrogen-bond acceptors (Lipinski definition) is 4. The number of hydrogen-bond donors (Lipinski definition) is 0. The molecule has 0 saturated heterocycles. The van der Waals surface area contributed by atoms with Crippen molar-refractivity contribution in [1.29, 1.82) is 0 Å². The van der Waals surface area contributed by atoms with Gasteiger partial charge in [0.2, 0.25) is 5.91 Å². The third-order valence-electron chi connectivity index (χ3n) is 4.74. The van der Waals surface area contributed by atoms with Crippen LogP contribution in [-0.4, -0.2) is 43.6 Å². The maximum Gasteiger partial charge on any atom is 0.228 e. The number of aromatic nitrogens is 4. The lowest BCUT2D eigenvalue weighted by Crippen LogP contribution is -2.34. The smallest absolute Gasteiger partial charge is 0.228 e. The summed E-state index contributed by atoms with van der Waals surface area (Å²) in [5.74, 6) is 0.778. The standard InChI is InChI=1S/C17H21N5O/c1-21-7-4-13(20-21)10-16(23)22-8-5-14-15(6-9-22)18-11-19-17(14)12-2-3-12/h4,7,11-12H,2-3,5-6,8-10H2,1H3. The van der Waals surface area contributed by atoms with E-state index in [1.54, 1.807) is 11.0 Å².